The lowest BCUT2D eigenvalue weighted by Crippen LogP contribution is -2.33. The van der Waals surface area contributed by atoms with E-state index in [1.165, 1.54) is 0 Å². The molecule has 1 atom stereocenters. The second-order valence-corrected chi connectivity index (χ2v) is 4.43. The number of carboxylic acids is 3. The maximum Gasteiger partial charge on any atom is 0.321 e. The van der Waals surface area contributed by atoms with Gasteiger partial charge in [0, 0.05) is 11.0 Å². The first-order valence-corrected chi connectivity index (χ1v) is 5.41. The van der Waals surface area contributed by atoms with Gasteiger partial charge in [0.15, 0.2) is 0 Å². The van der Waals surface area contributed by atoms with Crippen LogP contribution in [0.5, 0.6) is 0 Å². The number of nitrogens with two attached hydrogens (primary N) is 1. The first-order chi connectivity index (χ1) is 7.32. The van der Waals surface area contributed by atoms with Gasteiger partial charge in [0.05, 0.1) is 12.8 Å². The number of thioether (sulfide) groups is 1. The van der Waals surface area contributed by atoms with Gasteiger partial charge < -0.3 is 21.1 Å². The van der Waals surface area contributed by atoms with Gasteiger partial charge in [0.25, 0.3) is 0 Å². The van der Waals surface area contributed by atoms with Crippen molar-refractivity contribution in [3.8, 4) is 0 Å². The molecule has 0 saturated heterocycles. The predicted octanol–water partition coefficient (Wildman–Crippen LogP) is -0.550. The molecule has 0 aliphatic rings. The molecule has 0 aromatic carbocycles. The van der Waals surface area contributed by atoms with E-state index in [4.69, 9.17) is 21.1 Å². The van der Waals surface area contributed by atoms with Crippen LogP contribution in [0, 0.1) is 0 Å². The summed E-state index contributed by atoms with van der Waals surface area (Å²) in [6, 6.07) is -1.12. The van der Waals surface area contributed by atoms with Crippen molar-refractivity contribution < 1.29 is 29.7 Å². The molecule has 0 fully saturated rings. The lowest BCUT2D eigenvalue weighted by atomic mass is 10.2. The first-order valence-electron chi connectivity index (χ1n) is 4.36. The summed E-state index contributed by atoms with van der Waals surface area (Å²) in [5, 5.41) is 24.9. The summed E-state index contributed by atoms with van der Waals surface area (Å²) in [6.07, 6.45) is -0.660. The smallest absolute Gasteiger partial charge is 0.321 e. The molecule has 0 aliphatic carbocycles. The topological polar surface area (TPSA) is 138 Å². The quantitative estimate of drug-likeness (QED) is 0.450. The Hall–Kier alpha value is -1.28. The van der Waals surface area contributed by atoms with Crippen LogP contribution in [0.15, 0.2) is 0 Å². The highest BCUT2D eigenvalue weighted by Crippen LogP contribution is 2.19. The van der Waals surface area contributed by atoms with Crippen molar-refractivity contribution in [1.82, 2.24) is 0 Å². The van der Waals surface area contributed by atoms with Crippen molar-refractivity contribution in [3.05, 3.63) is 0 Å². The maximum absolute atomic E-state index is 10.4. The zero-order valence-corrected chi connectivity index (χ0v) is 9.14. The molecule has 5 N–H and O–H groups in total. The van der Waals surface area contributed by atoms with Gasteiger partial charge >= 0.3 is 17.9 Å². The van der Waals surface area contributed by atoms with Crippen molar-refractivity contribution in [2.45, 2.75) is 24.1 Å². The fraction of sp³-hybridized carbons (Fsp3) is 0.625. The minimum atomic E-state index is -1.20. The number of hydrogen-bond acceptors (Lipinski definition) is 5. The van der Waals surface area contributed by atoms with E-state index in [0.29, 0.717) is 0 Å². The van der Waals surface area contributed by atoms with Gasteiger partial charge in [-0.3, -0.25) is 14.4 Å². The van der Waals surface area contributed by atoms with E-state index in [1.807, 2.05) is 0 Å². The third-order valence-corrected chi connectivity index (χ3v) is 2.99. The first kappa shape index (κ1) is 14.7. The Bertz CT molecular complexity index is 266. The Labute approximate surface area is 95.6 Å². The molecule has 0 rings (SSSR count). The van der Waals surface area contributed by atoms with Gasteiger partial charge in [-0.25, -0.2) is 0 Å². The standard InChI is InChI=1S/C8H13NO6S/c9-5(8(14)15)3-16-4(1-6(10)11)2-7(12)13/h4-5H,1-3,9H2,(H,10,11)(H,12,13)(H,14,15)/t5-/m0/s1. The van der Waals surface area contributed by atoms with Crippen molar-refractivity contribution in [3.63, 3.8) is 0 Å². The number of aliphatic carboxylic acids is 3. The molecular weight excluding hydrogens is 238 g/mol. The van der Waals surface area contributed by atoms with E-state index in [9.17, 15) is 14.4 Å². The van der Waals surface area contributed by atoms with Gasteiger partial charge in [-0.1, -0.05) is 0 Å². The molecule has 0 aromatic heterocycles. The summed E-state index contributed by atoms with van der Waals surface area (Å²) >= 11 is 0.947. The third-order valence-electron chi connectivity index (χ3n) is 1.63. The van der Waals surface area contributed by atoms with Crippen LogP contribution in [0.2, 0.25) is 0 Å². The minimum Gasteiger partial charge on any atom is -0.481 e. The normalized spacial score (nSPS) is 12.4. The number of carbonyl (C=O) groups is 3. The average molecular weight is 251 g/mol. The number of hydrogen-bond donors (Lipinski definition) is 4. The van der Waals surface area contributed by atoms with Crippen LogP contribution in [0.25, 0.3) is 0 Å². The maximum atomic E-state index is 10.4. The average Bonchev–Trinajstić information content (AvgIpc) is 2.11. The summed E-state index contributed by atoms with van der Waals surface area (Å²) in [5.74, 6) is -3.46. The second-order valence-electron chi connectivity index (χ2n) is 3.10. The third kappa shape index (κ3) is 7.07. The van der Waals surface area contributed by atoms with Crippen molar-refractivity contribution in [2.75, 3.05) is 5.75 Å². The highest BCUT2D eigenvalue weighted by Gasteiger charge is 2.20. The molecule has 0 aliphatic heterocycles. The minimum absolute atomic E-state index is 0.0133. The molecular formula is C8H13NO6S. The molecule has 0 radical (unpaired) electrons. The van der Waals surface area contributed by atoms with Crippen molar-refractivity contribution >= 4 is 29.7 Å². The lowest BCUT2D eigenvalue weighted by molar-refractivity contribution is -0.139. The van der Waals surface area contributed by atoms with Crippen LogP contribution >= 0.6 is 11.8 Å². The number of carboxylic acid groups (broad SMARTS) is 3. The molecule has 0 aromatic rings. The highest BCUT2D eigenvalue weighted by molar-refractivity contribution is 8.00. The van der Waals surface area contributed by atoms with E-state index in [-0.39, 0.29) is 18.6 Å². The molecule has 92 valence electrons. The van der Waals surface area contributed by atoms with E-state index in [1.54, 1.807) is 0 Å². The largest absolute Gasteiger partial charge is 0.481 e. The fourth-order valence-corrected chi connectivity index (χ4v) is 2.03. The van der Waals surface area contributed by atoms with Gasteiger partial charge in [-0.05, 0) is 0 Å². The molecule has 7 nitrogen and oxygen atoms in total. The van der Waals surface area contributed by atoms with Gasteiger partial charge in [0.2, 0.25) is 0 Å². The highest BCUT2D eigenvalue weighted by atomic mass is 32.2. The lowest BCUT2D eigenvalue weighted by Gasteiger charge is -2.13. The fourth-order valence-electron chi connectivity index (χ4n) is 0.891. The molecule has 0 amide bonds. The Balaban J connectivity index is 4.15. The Kier molecular flexibility index (Phi) is 6.50. The summed E-state index contributed by atoms with van der Waals surface area (Å²) < 4.78 is 0. The van der Waals surface area contributed by atoms with E-state index < -0.39 is 29.2 Å². The zero-order valence-electron chi connectivity index (χ0n) is 8.33. The summed E-state index contributed by atoms with van der Waals surface area (Å²) in [5.41, 5.74) is 5.21. The zero-order chi connectivity index (χ0) is 12.7. The Morgan fingerprint density at radius 2 is 1.50 bits per heavy atom. The summed E-state index contributed by atoms with van der Waals surface area (Å²) in [4.78, 5) is 31.2. The monoisotopic (exact) mass is 251 g/mol. The van der Waals surface area contributed by atoms with Crippen molar-refractivity contribution in [1.29, 1.82) is 0 Å². The van der Waals surface area contributed by atoms with Crippen LogP contribution < -0.4 is 5.73 Å². The molecule has 0 bridgehead atoms. The summed E-state index contributed by atoms with van der Waals surface area (Å²) in [7, 11) is 0. The molecule has 8 heteroatoms. The SMILES string of the molecule is N[C@@H](CSC(CC(=O)O)CC(=O)O)C(=O)O. The Morgan fingerprint density at radius 3 is 1.81 bits per heavy atom. The molecule has 0 spiro atoms. The molecule has 16 heavy (non-hydrogen) atoms. The van der Waals surface area contributed by atoms with Gasteiger partial charge in [-0.2, -0.15) is 11.8 Å². The van der Waals surface area contributed by atoms with Crippen molar-refractivity contribution in [2.24, 2.45) is 5.73 Å². The molecule has 0 heterocycles. The van der Waals surface area contributed by atoms with Crippen LogP contribution in [0.4, 0.5) is 0 Å². The van der Waals surface area contributed by atoms with E-state index >= 15 is 0 Å². The van der Waals surface area contributed by atoms with E-state index in [0.717, 1.165) is 11.8 Å². The summed E-state index contributed by atoms with van der Waals surface area (Å²) in [6.45, 7) is 0. The van der Waals surface area contributed by atoms with Gasteiger partial charge in [-0.15, -0.1) is 0 Å². The second kappa shape index (κ2) is 7.07. The van der Waals surface area contributed by atoms with E-state index in [2.05, 4.69) is 0 Å². The molecule has 0 saturated carbocycles. The molecule has 0 unspecified atom stereocenters. The van der Waals surface area contributed by atoms with Crippen LogP contribution in [0.3, 0.4) is 0 Å². The van der Waals surface area contributed by atoms with Crippen LogP contribution in [0.1, 0.15) is 12.8 Å². The van der Waals surface area contributed by atoms with Gasteiger partial charge in [0.1, 0.15) is 6.04 Å². The van der Waals surface area contributed by atoms with Crippen LogP contribution in [-0.4, -0.2) is 50.3 Å². The predicted molar refractivity (Wildman–Crippen MR) is 56.4 cm³/mol. The van der Waals surface area contributed by atoms with Crippen LogP contribution in [-0.2, 0) is 14.4 Å². The number of rotatable bonds is 8. The Morgan fingerprint density at radius 1 is 1.06 bits per heavy atom.